The molecule has 0 radical (unpaired) electrons. The molecule has 3 N–H and O–H groups in total. The fourth-order valence-corrected chi connectivity index (χ4v) is 3.95. The van der Waals surface area contributed by atoms with E-state index in [1.807, 2.05) is 42.5 Å². The Hall–Kier alpha value is -3.78. The number of methoxy groups -OCH3 is 1. The van der Waals surface area contributed by atoms with Crippen LogP contribution in [0.25, 0.3) is 0 Å². The molecule has 0 aliphatic carbocycles. The highest BCUT2D eigenvalue weighted by molar-refractivity contribution is 6.08. The van der Waals surface area contributed by atoms with E-state index in [9.17, 15) is 9.59 Å². The minimum atomic E-state index is -0.488. The smallest absolute Gasteiger partial charge is 0.263 e. The number of rotatable bonds is 6. The van der Waals surface area contributed by atoms with Crippen LogP contribution in [0.2, 0.25) is 0 Å². The minimum Gasteiger partial charge on any atom is -0.495 e. The second-order valence-corrected chi connectivity index (χ2v) is 8.07. The number of aromatic nitrogens is 1. The molecule has 0 atom stereocenters. The number of benzene rings is 2. The molecule has 8 heteroatoms. The van der Waals surface area contributed by atoms with Crippen LogP contribution in [0, 0.1) is 0 Å². The molecule has 0 unspecified atom stereocenters. The summed E-state index contributed by atoms with van der Waals surface area (Å²) in [5, 5.41) is 5.99. The van der Waals surface area contributed by atoms with Gasteiger partial charge in [-0.2, -0.15) is 0 Å². The topological polar surface area (TPSA) is 89.7 Å². The first kappa shape index (κ1) is 22.4. The fraction of sp³-hybridized carbons (Fsp3) is 0.280. The van der Waals surface area contributed by atoms with Crippen LogP contribution in [0.1, 0.15) is 16.8 Å². The molecule has 2 aromatic carbocycles. The number of pyridine rings is 1. The summed E-state index contributed by atoms with van der Waals surface area (Å²) in [5.41, 5.74) is 2.33. The predicted octanol–water partition coefficient (Wildman–Crippen LogP) is 3.52. The molecule has 1 saturated heterocycles. The summed E-state index contributed by atoms with van der Waals surface area (Å²) >= 11 is 0. The number of anilines is 4. The van der Waals surface area contributed by atoms with Gasteiger partial charge in [-0.25, -0.2) is 0 Å². The van der Waals surface area contributed by atoms with Crippen LogP contribution >= 0.6 is 0 Å². The van der Waals surface area contributed by atoms with Crippen LogP contribution in [-0.2, 0) is 0 Å². The number of amides is 1. The Balaban J connectivity index is 1.51. The number of H-pyrrole nitrogens is 1. The maximum Gasteiger partial charge on any atom is 0.263 e. The third-order valence-corrected chi connectivity index (χ3v) is 5.77. The van der Waals surface area contributed by atoms with Gasteiger partial charge in [0.15, 0.2) is 0 Å². The molecule has 8 nitrogen and oxygen atoms in total. The van der Waals surface area contributed by atoms with Crippen LogP contribution in [-0.4, -0.2) is 56.1 Å². The molecule has 0 saturated carbocycles. The summed E-state index contributed by atoms with van der Waals surface area (Å²) in [4.78, 5) is 32.9. The first-order chi connectivity index (χ1) is 16.0. The fourth-order valence-electron chi connectivity index (χ4n) is 3.95. The molecule has 1 aromatic heterocycles. The summed E-state index contributed by atoms with van der Waals surface area (Å²) in [6, 6.07) is 16.7. The summed E-state index contributed by atoms with van der Waals surface area (Å²) in [7, 11) is 3.71. The average molecular weight is 448 g/mol. The van der Waals surface area contributed by atoms with Crippen LogP contribution in [0.4, 0.5) is 22.7 Å². The number of likely N-dealkylation sites (N-methyl/N-ethyl adjacent to an activating group) is 1. The van der Waals surface area contributed by atoms with E-state index < -0.39 is 11.5 Å². The maximum atomic E-state index is 13.1. The summed E-state index contributed by atoms with van der Waals surface area (Å²) in [6.07, 6.45) is 2.62. The Labute approximate surface area is 193 Å². The summed E-state index contributed by atoms with van der Waals surface area (Å²) in [5.74, 6) is 0.123. The first-order valence-electron chi connectivity index (χ1n) is 11.0. The van der Waals surface area contributed by atoms with Crippen molar-refractivity contribution in [3.63, 3.8) is 0 Å². The van der Waals surface area contributed by atoms with Crippen LogP contribution in [0.5, 0.6) is 5.75 Å². The zero-order chi connectivity index (χ0) is 23.2. The number of ether oxygens (including phenoxy) is 1. The number of aromatic amines is 1. The minimum absolute atomic E-state index is 0.00281. The molecule has 33 heavy (non-hydrogen) atoms. The Bertz CT molecular complexity index is 1160. The number of nitrogens with one attached hydrogen (secondary N) is 3. The molecule has 2 heterocycles. The van der Waals surface area contributed by atoms with Gasteiger partial charge in [-0.05, 0) is 62.5 Å². The monoisotopic (exact) mass is 447 g/mol. The molecule has 1 amide bonds. The van der Waals surface area contributed by atoms with E-state index in [2.05, 4.69) is 32.5 Å². The van der Waals surface area contributed by atoms with Crippen molar-refractivity contribution in [1.82, 2.24) is 9.88 Å². The Morgan fingerprint density at radius 3 is 2.55 bits per heavy atom. The molecular weight excluding hydrogens is 418 g/mol. The maximum absolute atomic E-state index is 13.1. The van der Waals surface area contributed by atoms with Gasteiger partial charge in [0.25, 0.3) is 11.5 Å². The summed E-state index contributed by atoms with van der Waals surface area (Å²) in [6.45, 7) is 4.10. The molecule has 1 fully saturated rings. The molecule has 0 spiro atoms. The van der Waals surface area contributed by atoms with E-state index in [0.29, 0.717) is 22.8 Å². The van der Waals surface area contributed by atoms with Gasteiger partial charge < -0.3 is 30.2 Å². The molecule has 3 aromatic rings. The average Bonchev–Trinajstić information content (AvgIpc) is 3.04. The Kier molecular flexibility index (Phi) is 6.95. The number of carbonyl (C=O) groups excluding carboxylic acids is 1. The van der Waals surface area contributed by atoms with Gasteiger partial charge in [0.1, 0.15) is 11.3 Å². The third-order valence-electron chi connectivity index (χ3n) is 5.77. The van der Waals surface area contributed by atoms with Crippen molar-refractivity contribution in [2.24, 2.45) is 0 Å². The van der Waals surface area contributed by atoms with Crippen molar-refractivity contribution in [3.8, 4) is 5.75 Å². The second-order valence-electron chi connectivity index (χ2n) is 8.07. The normalized spacial score (nSPS) is 14.4. The van der Waals surface area contributed by atoms with E-state index in [1.165, 1.54) is 6.20 Å². The lowest BCUT2D eigenvalue weighted by Crippen LogP contribution is -2.28. The van der Waals surface area contributed by atoms with Gasteiger partial charge in [-0.1, -0.05) is 12.1 Å². The van der Waals surface area contributed by atoms with E-state index in [4.69, 9.17) is 4.74 Å². The molecule has 1 aliphatic heterocycles. The molecule has 0 bridgehead atoms. The van der Waals surface area contributed by atoms with Gasteiger partial charge >= 0.3 is 0 Å². The molecule has 172 valence electrons. The van der Waals surface area contributed by atoms with Gasteiger partial charge in [-0.15, -0.1) is 0 Å². The molecule has 4 rings (SSSR count). The van der Waals surface area contributed by atoms with Crippen molar-refractivity contribution in [3.05, 3.63) is 76.7 Å². The van der Waals surface area contributed by atoms with Crippen molar-refractivity contribution in [2.75, 3.05) is 55.9 Å². The number of carbonyl (C=O) groups is 1. The van der Waals surface area contributed by atoms with Crippen molar-refractivity contribution >= 4 is 28.7 Å². The largest absolute Gasteiger partial charge is 0.495 e. The first-order valence-corrected chi connectivity index (χ1v) is 11.0. The highest BCUT2D eigenvalue weighted by Crippen LogP contribution is 2.28. The van der Waals surface area contributed by atoms with Crippen LogP contribution in [0.3, 0.4) is 0 Å². The van der Waals surface area contributed by atoms with E-state index >= 15 is 0 Å². The quantitative estimate of drug-likeness (QED) is 0.536. The van der Waals surface area contributed by atoms with Crippen molar-refractivity contribution < 1.29 is 9.53 Å². The second kappa shape index (κ2) is 10.2. The highest BCUT2D eigenvalue weighted by atomic mass is 16.5. The SMILES string of the molecule is COc1ccccc1Nc1cc[nH]c(=O)c1C(=O)Nc1ccc(N2CCCN(C)CC2)cc1. The molecule has 1 aliphatic rings. The Morgan fingerprint density at radius 2 is 1.76 bits per heavy atom. The van der Waals surface area contributed by atoms with Gasteiger partial charge in [0, 0.05) is 37.2 Å². The lowest BCUT2D eigenvalue weighted by atomic mass is 10.2. The number of para-hydroxylation sites is 2. The van der Waals surface area contributed by atoms with E-state index in [-0.39, 0.29) is 5.56 Å². The summed E-state index contributed by atoms with van der Waals surface area (Å²) < 4.78 is 5.36. The number of hydrogen-bond acceptors (Lipinski definition) is 6. The zero-order valence-electron chi connectivity index (χ0n) is 18.9. The Morgan fingerprint density at radius 1 is 0.970 bits per heavy atom. The van der Waals surface area contributed by atoms with Crippen LogP contribution < -0.4 is 25.8 Å². The lowest BCUT2D eigenvalue weighted by molar-refractivity contribution is 0.102. The highest BCUT2D eigenvalue weighted by Gasteiger charge is 2.18. The molecular formula is C25H29N5O3. The van der Waals surface area contributed by atoms with Gasteiger partial charge in [0.2, 0.25) is 0 Å². The van der Waals surface area contributed by atoms with E-state index in [0.717, 1.165) is 38.3 Å². The zero-order valence-corrected chi connectivity index (χ0v) is 18.9. The van der Waals surface area contributed by atoms with Crippen molar-refractivity contribution in [2.45, 2.75) is 6.42 Å². The lowest BCUT2D eigenvalue weighted by Gasteiger charge is -2.23. The standard InChI is InChI=1S/C25H29N5O3/c1-29-14-5-15-30(17-16-29)19-10-8-18(9-11-19)27-25(32)23-21(12-13-26-24(23)31)28-20-6-3-4-7-22(20)33-2/h3-4,6-13H,5,14-17H2,1-2H3,(H,27,32)(H2,26,28,31). The van der Waals surface area contributed by atoms with Crippen molar-refractivity contribution in [1.29, 1.82) is 0 Å². The van der Waals surface area contributed by atoms with Crippen LogP contribution in [0.15, 0.2) is 65.6 Å². The van der Waals surface area contributed by atoms with E-state index in [1.54, 1.807) is 19.2 Å². The predicted molar refractivity (Wildman–Crippen MR) is 132 cm³/mol. The third kappa shape index (κ3) is 5.35. The number of hydrogen-bond donors (Lipinski definition) is 3. The van der Waals surface area contributed by atoms with Gasteiger partial charge in [0.05, 0.1) is 18.5 Å². The van der Waals surface area contributed by atoms with Gasteiger partial charge in [-0.3, -0.25) is 9.59 Å². The number of nitrogens with zero attached hydrogens (tertiary/aromatic N) is 2.